The summed E-state index contributed by atoms with van der Waals surface area (Å²) in [5.41, 5.74) is -0.317. The van der Waals surface area contributed by atoms with Crippen molar-refractivity contribution in [1.29, 1.82) is 0 Å². The minimum Gasteiger partial charge on any atom is -0.390 e. The predicted molar refractivity (Wildman–Crippen MR) is 56.2 cm³/mol. The zero-order valence-corrected chi connectivity index (χ0v) is 9.51. The van der Waals surface area contributed by atoms with E-state index in [0.29, 0.717) is 25.0 Å². The van der Waals surface area contributed by atoms with Gasteiger partial charge in [-0.15, -0.1) is 5.10 Å². The Morgan fingerprint density at radius 2 is 2.07 bits per heavy atom. The van der Waals surface area contributed by atoms with Crippen LogP contribution in [0.15, 0.2) is 6.20 Å². The van der Waals surface area contributed by atoms with Crippen molar-refractivity contribution in [3.8, 4) is 0 Å². The van der Waals surface area contributed by atoms with Gasteiger partial charge in [-0.05, 0) is 12.8 Å². The van der Waals surface area contributed by atoms with E-state index in [1.54, 1.807) is 17.9 Å². The second kappa shape index (κ2) is 4.72. The summed E-state index contributed by atoms with van der Waals surface area (Å²) < 4.78 is 1.58. The standard InChI is InChI=1S/C10H19N3O2/c1-4-10(15,5-2)9(14)6-8-7-13(3)12-11-8/h7,9,14-15H,4-6H2,1-3H3. The number of aromatic nitrogens is 3. The van der Waals surface area contributed by atoms with E-state index < -0.39 is 11.7 Å². The summed E-state index contributed by atoms with van der Waals surface area (Å²) in [5, 5.41) is 27.6. The third-order valence-electron chi connectivity index (χ3n) is 2.90. The van der Waals surface area contributed by atoms with Gasteiger partial charge in [0.25, 0.3) is 0 Å². The van der Waals surface area contributed by atoms with Crippen LogP contribution in [-0.4, -0.2) is 36.9 Å². The van der Waals surface area contributed by atoms with Crippen molar-refractivity contribution in [1.82, 2.24) is 15.0 Å². The first-order chi connectivity index (χ1) is 7.01. The highest BCUT2D eigenvalue weighted by molar-refractivity contribution is 4.98. The number of aryl methyl sites for hydroxylation is 1. The normalized spacial score (nSPS) is 14.2. The van der Waals surface area contributed by atoms with Crippen LogP contribution < -0.4 is 0 Å². The highest BCUT2D eigenvalue weighted by atomic mass is 16.3. The van der Waals surface area contributed by atoms with E-state index in [4.69, 9.17) is 0 Å². The van der Waals surface area contributed by atoms with E-state index in [0.717, 1.165) is 0 Å². The zero-order chi connectivity index (χ0) is 11.5. The molecule has 0 aliphatic rings. The second-order valence-electron chi connectivity index (χ2n) is 3.91. The van der Waals surface area contributed by atoms with Crippen LogP contribution in [0.25, 0.3) is 0 Å². The van der Waals surface area contributed by atoms with Crippen molar-refractivity contribution in [3.63, 3.8) is 0 Å². The quantitative estimate of drug-likeness (QED) is 0.736. The average Bonchev–Trinajstić information content (AvgIpc) is 2.62. The first-order valence-corrected chi connectivity index (χ1v) is 5.27. The van der Waals surface area contributed by atoms with Crippen LogP contribution in [0.5, 0.6) is 0 Å². The molecule has 0 amide bonds. The number of nitrogens with zero attached hydrogens (tertiary/aromatic N) is 3. The third kappa shape index (κ3) is 2.76. The average molecular weight is 213 g/mol. The van der Waals surface area contributed by atoms with Crippen LogP contribution in [-0.2, 0) is 13.5 Å². The molecule has 0 saturated heterocycles. The molecule has 1 aromatic rings. The van der Waals surface area contributed by atoms with Crippen molar-refractivity contribution in [2.45, 2.75) is 44.8 Å². The molecule has 86 valence electrons. The molecule has 1 aromatic heterocycles. The molecule has 1 rings (SSSR count). The van der Waals surface area contributed by atoms with Gasteiger partial charge in [0, 0.05) is 19.7 Å². The molecule has 0 saturated carbocycles. The zero-order valence-electron chi connectivity index (χ0n) is 9.51. The molecule has 0 aromatic carbocycles. The van der Waals surface area contributed by atoms with Crippen LogP contribution in [0, 0.1) is 0 Å². The molecule has 2 N–H and O–H groups in total. The van der Waals surface area contributed by atoms with Gasteiger partial charge in [-0.25, -0.2) is 0 Å². The molecule has 0 aliphatic heterocycles. The summed E-state index contributed by atoms with van der Waals surface area (Å²) in [6, 6.07) is 0. The summed E-state index contributed by atoms with van der Waals surface area (Å²) in [5.74, 6) is 0. The van der Waals surface area contributed by atoms with Crippen LogP contribution in [0.1, 0.15) is 32.4 Å². The molecule has 15 heavy (non-hydrogen) atoms. The minimum atomic E-state index is -1.02. The monoisotopic (exact) mass is 213 g/mol. The fraction of sp³-hybridized carbons (Fsp3) is 0.800. The van der Waals surface area contributed by atoms with Crippen LogP contribution >= 0.6 is 0 Å². The SMILES string of the molecule is CCC(O)(CC)C(O)Cc1cn(C)nn1. The van der Waals surface area contributed by atoms with Gasteiger partial charge < -0.3 is 10.2 Å². The van der Waals surface area contributed by atoms with Crippen molar-refractivity contribution >= 4 is 0 Å². The fourth-order valence-corrected chi connectivity index (χ4v) is 1.60. The topological polar surface area (TPSA) is 71.2 Å². The lowest BCUT2D eigenvalue weighted by Gasteiger charge is -2.30. The molecule has 0 fully saturated rings. The van der Waals surface area contributed by atoms with Crippen molar-refractivity contribution < 1.29 is 10.2 Å². The Morgan fingerprint density at radius 3 is 2.47 bits per heavy atom. The number of aliphatic hydroxyl groups is 2. The molecule has 0 spiro atoms. The maximum atomic E-state index is 10.1. The van der Waals surface area contributed by atoms with Gasteiger partial charge >= 0.3 is 0 Å². The maximum absolute atomic E-state index is 10.1. The predicted octanol–water partition coefficient (Wildman–Crippen LogP) is 0.270. The second-order valence-corrected chi connectivity index (χ2v) is 3.91. The Hall–Kier alpha value is -0.940. The summed E-state index contributed by atoms with van der Waals surface area (Å²) >= 11 is 0. The summed E-state index contributed by atoms with van der Waals surface area (Å²) in [4.78, 5) is 0. The van der Waals surface area contributed by atoms with E-state index in [-0.39, 0.29) is 0 Å². The van der Waals surface area contributed by atoms with Gasteiger partial charge in [0.2, 0.25) is 0 Å². The summed E-state index contributed by atoms with van der Waals surface area (Å²) in [7, 11) is 1.77. The number of hydrogen-bond acceptors (Lipinski definition) is 4. The van der Waals surface area contributed by atoms with Crippen LogP contribution in [0.2, 0.25) is 0 Å². The molecule has 0 aliphatic carbocycles. The van der Waals surface area contributed by atoms with Gasteiger partial charge in [0.15, 0.2) is 0 Å². The summed E-state index contributed by atoms with van der Waals surface area (Å²) in [6.45, 7) is 3.73. The number of hydrogen-bond donors (Lipinski definition) is 2. The smallest absolute Gasteiger partial charge is 0.0904 e. The Morgan fingerprint density at radius 1 is 1.47 bits per heavy atom. The Kier molecular flexibility index (Phi) is 3.82. The van der Waals surface area contributed by atoms with E-state index in [1.165, 1.54) is 0 Å². The first kappa shape index (κ1) is 12.1. The molecule has 0 bridgehead atoms. The van der Waals surface area contributed by atoms with E-state index in [9.17, 15) is 10.2 Å². The molecule has 1 atom stereocenters. The molecule has 1 unspecified atom stereocenters. The summed E-state index contributed by atoms with van der Waals surface area (Å²) in [6.07, 6.45) is 2.36. The van der Waals surface area contributed by atoms with Gasteiger partial charge in [0.05, 0.1) is 17.4 Å². The third-order valence-corrected chi connectivity index (χ3v) is 2.90. The van der Waals surface area contributed by atoms with Gasteiger partial charge in [-0.2, -0.15) is 0 Å². The van der Waals surface area contributed by atoms with Crippen molar-refractivity contribution in [2.75, 3.05) is 0 Å². The molecule has 0 radical (unpaired) electrons. The fourth-order valence-electron chi connectivity index (χ4n) is 1.60. The number of rotatable bonds is 5. The van der Waals surface area contributed by atoms with Gasteiger partial charge in [0.1, 0.15) is 0 Å². The highest BCUT2D eigenvalue weighted by Gasteiger charge is 2.32. The largest absolute Gasteiger partial charge is 0.390 e. The van der Waals surface area contributed by atoms with Crippen LogP contribution in [0.4, 0.5) is 0 Å². The lowest BCUT2D eigenvalue weighted by atomic mass is 9.88. The Balaban J connectivity index is 2.65. The molecular weight excluding hydrogens is 194 g/mol. The Bertz CT molecular complexity index is 307. The first-order valence-electron chi connectivity index (χ1n) is 5.27. The van der Waals surface area contributed by atoms with Gasteiger partial charge in [-0.3, -0.25) is 4.68 Å². The van der Waals surface area contributed by atoms with Crippen molar-refractivity contribution in [2.24, 2.45) is 7.05 Å². The molecule has 5 heteroatoms. The molecule has 5 nitrogen and oxygen atoms in total. The highest BCUT2D eigenvalue weighted by Crippen LogP contribution is 2.21. The van der Waals surface area contributed by atoms with Crippen molar-refractivity contribution in [3.05, 3.63) is 11.9 Å². The van der Waals surface area contributed by atoms with E-state index in [2.05, 4.69) is 10.3 Å². The van der Waals surface area contributed by atoms with E-state index in [1.807, 2.05) is 13.8 Å². The lowest BCUT2D eigenvalue weighted by molar-refractivity contribution is -0.0793. The Labute approximate surface area is 89.7 Å². The van der Waals surface area contributed by atoms with Gasteiger partial charge in [-0.1, -0.05) is 19.1 Å². The molecular formula is C10H19N3O2. The van der Waals surface area contributed by atoms with Crippen LogP contribution in [0.3, 0.4) is 0 Å². The van der Waals surface area contributed by atoms with E-state index >= 15 is 0 Å². The lowest BCUT2D eigenvalue weighted by Crippen LogP contribution is -2.42. The maximum Gasteiger partial charge on any atom is 0.0904 e. The number of aliphatic hydroxyl groups excluding tert-OH is 1. The molecule has 1 heterocycles. The minimum absolute atomic E-state index is 0.339.